The number of carbonyl (C=O) groups is 7. The van der Waals surface area contributed by atoms with Gasteiger partial charge in [-0.25, -0.2) is 0 Å². The Morgan fingerprint density at radius 3 is 2.42 bits per heavy atom. The number of amides is 7. The molecule has 22 heteroatoms. The number of hydrogen-bond donors (Lipinski definition) is 5. The second-order valence-corrected chi connectivity index (χ2v) is 23.4. The summed E-state index contributed by atoms with van der Waals surface area (Å²) in [7, 11) is -5.87. The lowest BCUT2D eigenvalue weighted by atomic mass is 9.85. The van der Waals surface area contributed by atoms with Crippen LogP contribution in [0.4, 0.5) is 14.5 Å². The first-order valence-corrected chi connectivity index (χ1v) is 27.6. The van der Waals surface area contributed by atoms with Crippen LogP contribution in [0.5, 0.6) is 0 Å². The average molecular weight is 1140 g/mol. The van der Waals surface area contributed by atoms with Gasteiger partial charge < -0.3 is 39.9 Å². The minimum atomic E-state index is -5.87. The Balaban J connectivity index is 0.970. The first-order valence-electron chi connectivity index (χ1n) is 24.3. The first kappa shape index (κ1) is 55.6. The van der Waals surface area contributed by atoms with E-state index in [2.05, 4.69) is 43.7 Å². The Morgan fingerprint density at radius 2 is 1.72 bits per heavy atom. The van der Waals surface area contributed by atoms with E-state index in [0.29, 0.717) is 27.1 Å². The minimum absolute atomic E-state index is 0.0279. The van der Waals surface area contributed by atoms with E-state index in [1.165, 1.54) is 26.8 Å². The van der Waals surface area contributed by atoms with Gasteiger partial charge in [-0.2, -0.15) is 8.78 Å². The zero-order valence-corrected chi connectivity index (χ0v) is 44.8. The maximum atomic E-state index is 15.1. The van der Waals surface area contributed by atoms with E-state index in [0.717, 1.165) is 33.5 Å². The molecular formula is C54H54BrF2N6O11PS. The Kier molecular flexibility index (Phi) is 16.7. The van der Waals surface area contributed by atoms with Gasteiger partial charge in [-0.3, -0.25) is 43.4 Å². The van der Waals surface area contributed by atoms with Crippen molar-refractivity contribution in [2.24, 2.45) is 5.41 Å². The summed E-state index contributed by atoms with van der Waals surface area (Å²) in [5, 5.41) is 8.11. The van der Waals surface area contributed by atoms with Gasteiger partial charge in [-0.15, -0.1) is 11.3 Å². The number of piperidine rings is 1. The van der Waals surface area contributed by atoms with Crippen LogP contribution < -0.4 is 20.9 Å². The van der Waals surface area contributed by atoms with E-state index in [-0.39, 0.29) is 92.9 Å². The molecule has 0 bridgehead atoms. The van der Waals surface area contributed by atoms with Gasteiger partial charge >= 0.3 is 13.3 Å². The van der Waals surface area contributed by atoms with Crippen LogP contribution in [0.25, 0.3) is 10.1 Å². The van der Waals surface area contributed by atoms with Crippen molar-refractivity contribution in [3.8, 4) is 11.8 Å². The molecule has 4 aromatic carbocycles. The third-order valence-corrected chi connectivity index (χ3v) is 16.0. The van der Waals surface area contributed by atoms with Gasteiger partial charge in [0.05, 0.1) is 17.6 Å². The van der Waals surface area contributed by atoms with Crippen LogP contribution >= 0.6 is 34.9 Å². The number of nitrogens with zero attached hydrogens (tertiary/aromatic N) is 3. The van der Waals surface area contributed by atoms with Crippen LogP contribution in [-0.4, -0.2) is 105 Å². The summed E-state index contributed by atoms with van der Waals surface area (Å²) < 4.78 is 48.3. The maximum Gasteiger partial charge on any atom is 0.399 e. The number of likely N-dealkylation sites (tertiary alicyclic amines) is 1. The number of nitrogens with one attached hydrogen (secondary N) is 3. The molecule has 1 aromatic heterocycles. The SMILES string of the molecule is CC(C)(C)C(NC(=O)c1cc2cc(C(F)(F)P(=O)(O)O)ccc2s1)C(=O)N1C[C@@H](OCc2ccccc2)C[C@H]1C(=O)N(CCC(=O)NCCC#Cc1cccc2c1CN(C1CCC(=O)NC1=O)C2=O)c1ccc(Br)cc1. The van der Waals surface area contributed by atoms with E-state index < -0.39 is 72.1 Å². The predicted octanol–water partition coefficient (Wildman–Crippen LogP) is 6.96. The van der Waals surface area contributed by atoms with Gasteiger partial charge in [0.25, 0.3) is 11.8 Å². The standard InChI is InChI=1S/C54H54BrF2N6O11PS/c1-53(2,3)47(60-49(67)44-27-34-26-35(15-21-43(34)76-44)54(56,57)75(71,72)73)52(70)62-29-38(74-31-32-10-5-4-6-11-32)28-42(62)51(69)61(37-18-16-36(55)17-19-37)25-23-45(64)58-24-8-7-12-33-13-9-14-39-40(33)30-63(50(39)68)41-20-22-46(65)59-48(41)66/h4-6,9-11,13-19,21,26-27,38,41-42,47H,8,20,22-25,28-31H2,1-3H3,(H,58,64)(H,60,67)(H,59,65,66)(H2,71,72,73)/t38-,41?,42-,47?/m0/s1. The number of imide groups is 1. The highest BCUT2D eigenvalue weighted by molar-refractivity contribution is 9.10. The topological polar surface area (TPSA) is 232 Å². The molecule has 3 aliphatic heterocycles. The number of fused-ring (bicyclic) bond motifs is 2. The Labute approximate surface area is 449 Å². The highest BCUT2D eigenvalue weighted by atomic mass is 79.9. The van der Waals surface area contributed by atoms with Gasteiger partial charge in [-0.1, -0.05) is 91.0 Å². The van der Waals surface area contributed by atoms with Crippen LogP contribution in [0.3, 0.4) is 0 Å². The Morgan fingerprint density at radius 1 is 0.987 bits per heavy atom. The number of halogens is 3. The third-order valence-electron chi connectivity index (χ3n) is 13.3. The van der Waals surface area contributed by atoms with Crippen LogP contribution in [-0.2, 0) is 52.1 Å². The average Bonchev–Trinajstić information content (AvgIpc) is 4.10. The van der Waals surface area contributed by atoms with Crippen molar-refractivity contribution in [3.63, 3.8) is 0 Å². The van der Waals surface area contributed by atoms with Crippen molar-refractivity contribution < 1.29 is 61.4 Å². The number of ether oxygens (including phenoxy) is 1. The fourth-order valence-electron chi connectivity index (χ4n) is 9.31. The largest absolute Gasteiger partial charge is 0.399 e. The van der Waals surface area contributed by atoms with Gasteiger partial charge in [-0.05, 0) is 82.9 Å². The second-order valence-electron chi connectivity index (χ2n) is 19.7. The summed E-state index contributed by atoms with van der Waals surface area (Å²) in [4.78, 5) is 118. The molecule has 2 unspecified atom stereocenters. The number of carbonyl (C=O) groups excluding carboxylic acids is 7. The fourth-order valence-corrected chi connectivity index (χ4v) is 11.0. The lowest BCUT2D eigenvalue weighted by Crippen LogP contribution is -2.58. The predicted molar refractivity (Wildman–Crippen MR) is 282 cm³/mol. The van der Waals surface area contributed by atoms with Crippen LogP contribution in [0.2, 0.25) is 0 Å². The molecule has 76 heavy (non-hydrogen) atoms. The number of rotatable bonds is 16. The molecule has 5 N–H and O–H groups in total. The van der Waals surface area contributed by atoms with Gasteiger partial charge in [0.2, 0.25) is 29.5 Å². The molecule has 17 nitrogen and oxygen atoms in total. The molecule has 2 fully saturated rings. The van der Waals surface area contributed by atoms with Crippen molar-refractivity contribution >= 4 is 92.0 Å². The number of benzene rings is 4. The molecule has 2 saturated heterocycles. The lowest BCUT2D eigenvalue weighted by Gasteiger charge is -2.36. The summed E-state index contributed by atoms with van der Waals surface area (Å²) in [6, 6.07) is 22.6. The quantitative estimate of drug-likeness (QED) is 0.0293. The van der Waals surface area contributed by atoms with E-state index in [1.54, 1.807) is 63.2 Å². The number of anilines is 1. The van der Waals surface area contributed by atoms with Gasteiger partial charge in [0.1, 0.15) is 18.1 Å². The van der Waals surface area contributed by atoms with Crippen molar-refractivity contribution in [1.82, 2.24) is 25.8 Å². The summed E-state index contributed by atoms with van der Waals surface area (Å²) in [5.41, 5.74) is -3.33. The molecular weight excluding hydrogens is 1090 g/mol. The van der Waals surface area contributed by atoms with Crippen molar-refractivity contribution in [2.75, 3.05) is 24.5 Å². The van der Waals surface area contributed by atoms with Crippen LogP contribution in [0, 0.1) is 17.3 Å². The molecule has 4 heterocycles. The maximum absolute atomic E-state index is 15.1. The van der Waals surface area contributed by atoms with Crippen molar-refractivity contribution in [3.05, 3.63) is 134 Å². The number of alkyl halides is 2. The lowest BCUT2D eigenvalue weighted by molar-refractivity contribution is -0.141. The highest BCUT2D eigenvalue weighted by Crippen LogP contribution is 2.59. The zero-order chi connectivity index (χ0) is 54.7. The molecule has 0 saturated carbocycles. The van der Waals surface area contributed by atoms with Crippen molar-refractivity contribution in [1.29, 1.82) is 0 Å². The molecule has 0 radical (unpaired) electrons. The van der Waals surface area contributed by atoms with Crippen LogP contribution in [0.15, 0.2) is 102 Å². The Bertz CT molecular complexity index is 3210. The normalized spacial score (nSPS) is 18.2. The van der Waals surface area contributed by atoms with Gasteiger partial charge in [0, 0.05) is 83.4 Å². The Hall–Kier alpha value is -6.66. The van der Waals surface area contributed by atoms with Crippen molar-refractivity contribution in [2.45, 2.75) is 95.9 Å². The molecule has 8 rings (SSSR count). The molecule has 7 amide bonds. The molecule has 4 atom stereocenters. The first-order chi connectivity index (χ1) is 36.0. The summed E-state index contributed by atoms with van der Waals surface area (Å²) >= 11 is 4.38. The van der Waals surface area contributed by atoms with E-state index in [1.807, 2.05) is 30.3 Å². The van der Waals surface area contributed by atoms with E-state index in [9.17, 15) is 47.1 Å². The number of thiophene rings is 1. The molecule has 3 aliphatic rings. The summed E-state index contributed by atoms with van der Waals surface area (Å²) in [5.74, 6) is 2.74. The summed E-state index contributed by atoms with van der Waals surface area (Å²) in [6.07, 6.45) is -0.0838. The monoisotopic (exact) mass is 1140 g/mol. The smallest absolute Gasteiger partial charge is 0.372 e. The molecule has 0 aliphatic carbocycles. The van der Waals surface area contributed by atoms with Crippen LogP contribution in [0.1, 0.15) is 95.2 Å². The molecule has 5 aromatic rings. The zero-order valence-electron chi connectivity index (χ0n) is 41.5. The molecule has 0 spiro atoms. The van der Waals surface area contributed by atoms with E-state index >= 15 is 9.59 Å². The summed E-state index contributed by atoms with van der Waals surface area (Å²) in [6.45, 7) is 5.59. The highest BCUT2D eigenvalue weighted by Gasteiger charge is 2.51. The number of hydrogen-bond acceptors (Lipinski definition) is 10. The second kappa shape index (κ2) is 22.9. The fraction of sp³-hybridized carbons (Fsp3) is 0.352. The van der Waals surface area contributed by atoms with E-state index in [4.69, 9.17) is 4.74 Å². The minimum Gasteiger partial charge on any atom is -0.372 e. The van der Waals surface area contributed by atoms with Gasteiger partial charge in [0.15, 0.2) is 0 Å². The third kappa shape index (κ3) is 12.4. The molecule has 398 valence electrons.